The maximum absolute atomic E-state index is 12.5. The molecule has 13 heteroatoms. The standard InChI is InChI=1S/C21H24F3N5O4S/c1-14-10-15(11-27-20(14)33-8-5-21(22,23)24)12-29-13-16-17(28-29)4-7-25-18(16)19(30)26-6-3-9-34(2,31)32/h4,7,10-11,13H,3,5-6,8-9,12H2,1-2H3,(H,26,30). The summed E-state index contributed by atoms with van der Waals surface area (Å²) in [5, 5.41) is 7.63. The highest BCUT2D eigenvalue weighted by molar-refractivity contribution is 7.90. The van der Waals surface area contributed by atoms with Crippen molar-refractivity contribution in [1.82, 2.24) is 25.1 Å². The van der Waals surface area contributed by atoms with Crippen molar-refractivity contribution in [2.24, 2.45) is 0 Å². The minimum absolute atomic E-state index is 0.0253. The van der Waals surface area contributed by atoms with E-state index in [9.17, 15) is 26.4 Å². The third kappa shape index (κ3) is 7.40. The first-order valence-electron chi connectivity index (χ1n) is 10.3. The van der Waals surface area contributed by atoms with Crippen molar-refractivity contribution in [3.8, 4) is 5.88 Å². The number of ether oxygens (including phenoxy) is 1. The first kappa shape index (κ1) is 25.4. The van der Waals surface area contributed by atoms with Gasteiger partial charge in [0.25, 0.3) is 5.91 Å². The number of carbonyl (C=O) groups is 1. The lowest BCUT2D eigenvalue weighted by Gasteiger charge is -2.11. The van der Waals surface area contributed by atoms with Crippen LogP contribution in [0.2, 0.25) is 0 Å². The highest BCUT2D eigenvalue weighted by atomic mass is 32.2. The lowest BCUT2D eigenvalue weighted by atomic mass is 10.2. The van der Waals surface area contributed by atoms with Crippen molar-refractivity contribution in [2.45, 2.75) is 32.5 Å². The number of aryl methyl sites for hydroxylation is 1. The van der Waals surface area contributed by atoms with Crippen LogP contribution >= 0.6 is 0 Å². The molecule has 34 heavy (non-hydrogen) atoms. The molecule has 0 aromatic carbocycles. The molecule has 0 unspecified atom stereocenters. The molecule has 0 atom stereocenters. The number of fused-ring (bicyclic) bond motifs is 1. The second kappa shape index (κ2) is 10.4. The summed E-state index contributed by atoms with van der Waals surface area (Å²) in [5.74, 6) is -0.322. The van der Waals surface area contributed by atoms with Crippen LogP contribution in [0.4, 0.5) is 13.2 Å². The zero-order valence-corrected chi connectivity index (χ0v) is 19.4. The summed E-state index contributed by atoms with van der Waals surface area (Å²) in [6.07, 6.45) is 0.698. The van der Waals surface area contributed by atoms with Crippen molar-refractivity contribution >= 4 is 26.6 Å². The van der Waals surface area contributed by atoms with Gasteiger partial charge in [-0.1, -0.05) is 0 Å². The normalized spacial score (nSPS) is 12.1. The number of hydrogen-bond acceptors (Lipinski definition) is 7. The van der Waals surface area contributed by atoms with Crippen LogP contribution < -0.4 is 10.1 Å². The molecule has 0 spiro atoms. The van der Waals surface area contributed by atoms with E-state index in [2.05, 4.69) is 20.4 Å². The number of nitrogens with one attached hydrogen (secondary N) is 1. The smallest absolute Gasteiger partial charge is 0.392 e. The quantitative estimate of drug-likeness (QED) is 0.427. The third-order valence-electron chi connectivity index (χ3n) is 4.73. The molecule has 0 fully saturated rings. The number of amides is 1. The number of aromatic nitrogens is 4. The SMILES string of the molecule is Cc1cc(Cn2cc3c(C(=O)NCCCS(C)(=O)=O)nccc3n2)cnc1OCCC(F)(F)F. The van der Waals surface area contributed by atoms with E-state index in [0.717, 1.165) is 11.8 Å². The van der Waals surface area contributed by atoms with E-state index in [1.54, 1.807) is 29.9 Å². The number of hydrogen-bond donors (Lipinski definition) is 1. The number of sulfone groups is 1. The molecule has 3 heterocycles. The fraction of sp³-hybridized carbons (Fsp3) is 0.429. The molecular weight excluding hydrogens is 475 g/mol. The summed E-state index contributed by atoms with van der Waals surface area (Å²) < 4.78 is 66.0. The molecule has 9 nitrogen and oxygen atoms in total. The Balaban J connectivity index is 1.67. The summed E-state index contributed by atoms with van der Waals surface area (Å²) in [6.45, 7) is 1.68. The molecule has 184 valence electrons. The Morgan fingerprint density at radius 1 is 1.26 bits per heavy atom. The Labute approximate surface area is 194 Å². The van der Waals surface area contributed by atoms with Gasteiger partial charge in [-0.15, -0.1) is 0 Å². The Hall–Kier alpha value is -3.22. The summed E-state index contributed by atoms with van der Waals surface area (Å²) in [7, 11) is -3.10. The zero-order valence-electron chi connectivity index (χ0n) is 18.6. The Morgan fingerprint density at radius 2 is 2.03 bits per heavy atom. The van der Waals surface area contributed by atoms with Crippen LogP contribution in [0.1, 0.15) is 34.5 Å². The minimum Gasteiger partial charge on any atom is -0.477 e. The summed E-state index contributed by atoms with van der Waals surface area (Å²) in [6, 6.07) is 3.41. The van der Waals surface area contributed by atoms with E-state index in [0.29, 0.717) is 29.4 Å². The zero-order chi connectivity index (χ0) is 24.9. The molecule has 0 aliphatic carbocycles. The van der Waals surface area contributed by atoms with Crippen molar-refractivity contribution in [3.05, 3.63) is 47.5 Å². The molecule has 3 aromatic rings. The van der Waals surface area contributed by atoms with E-state index in [4.69, 9.17) is 4.74 Å². The van der Waals surface area contributed by atoms with E-state index in [1.807, 2.05) is 0 Å². The van der Waals surface area contributed by atoms with Gasteiger partial charge in [0.1, 0.15) is 15.5 Å². The van der Waals surface area contributed by atoms with Gasteiger partial charge < -0.3 is 10.1 Å². The second-order valence-electron chi connectivity index (χ2n) is 7.84. The van der Waals surface area contributed by atoms with Crippen LogP contribution in [-0.4, -0.2) is 65.4 Å². The van der Waals surface area contributed by atoms with Crippen molar-refractivity contribution in [1.29, 1.82) is 0 Å². The van der Waals surface area contributed by atoms with Gasteiger partial charge in [-0.05, 0) is 31.0 Å². The number of rotatable bonds is 10. The molecule has 0 bridgehead atoms. The van der Waals surface area contributed by atoms with Gasteiger partial charge in [0.15, 0.2) is 0 Å². The van der Waals surface area contributed by atoms with E-state index in [1.165, 1.54) is 12.4 Å². The average Bonchev–Trinajstić information content (AvgIpc) is 3.13. The maximum atomic E-state index is 12.5. The Bertz CT molecular complexity index is 1280. The number of pyridine rings is 2. The van der Waals surface area contributed by atoms with Gasteiger partial charge >= 0.3 is 6.18 Å². The van der Waals surface area contributed by atoms with Crippen molar-refractivity contribution < 1.29 is 31.1 Å². The Morgan fingerprint density at radius 3 is 2.71 bits per heavy atom. The summed E-state index contributed by atoms with van der Waals surface area (Å²) in [5.41, 5.74) is 2.05. The lowest BCUT2D eigenvalue weighted by molar-refractivity contribution is -0.139. The predicted molar refractivity (Wildman–Crippen MR) is 118 cm³/mol. The largest absolute Gasteiger partial charge is 0.477 e. The average molecular weight is 500 g/mol. The minimum atomic E-state index is -4.29. The molecule has 0 saturated carbocycles. The third-order valence-corrected chi connectivity index (χ3v) is 5.76. The fourth-order valence-corrected chi connectivity index (χ4v) is 3.85. The Kier molecular flexibility index (Phi) is 7.75. The van der Waals surface area contributed by atoms with Crippen LogP contribution in [0.3, 0.4) is 0 Å². The monoisotopic (exact) mass is 499 g/mol. The molecule has 1 N–H and O–H groups in total. The molecule has 0 aliphatic heterocycles. The molecule has 3 aromatic heterocycles. The fourth-order valence-electron chi connectivity index (χ4n) is 3.18. The van der Waals surface area contributed by atoms with Crippen LogP contribution in [0.15, 0.2) is 30.7 Å². The second-order valence-corrected chi connectivity index (χ2v) is 10.1. The number of nitrogens with zero attached hydrogens (tertiary/aromatic N) is 4. The molecule has 1 amide bonds. The molecule has 3 rings (SSSR count). The van der Waals surface area contributed by atoms with Gasteiger partial charge in [0.2, 0.25) is 5.88 Å². The van der Waals surface area contributed by atoms with Crippen LogP contribution in [0.25, 0.3) is 10.9 Å². The molecular formula is C21H24F3N5O4S. The van der Waals surface area contributed by atoms with Crippen LogP contribution in [0, 0.1) is 6.92 Å². The van der Waals surface area contributed by atoms with Crippen molar-refractivity contribution in [3.63, 3.8) is 0 Å². The van der Waals surface area contributed by atoms with Gasteiger partial charge in [-0.2, -0.15) is 18.3 Å². The number of alkyl halides is 3. The molecule has 0 radical (unpaired) electrons. The number of carbonyl (C=O) groups excluding carboxylic acids is 1. The van der Waals surface area contributed by atoms with Gasteiger partial charge in [-0.3, -0.25) is 14.5 Å². The van der Waals surface area contributed by atoms with Crippen molar-refractivity contribution in [2.75, 3.05) is 25.2 Å². The summed E-state index contributed by atoms with van der Waals surface area (Å²) >= 11 is 0. The van der Waals surface area contributed by atoms with Gasteiger partial charge in [-0.25, -0.2) is 13.4 Å². The van der Waals surface area contributed by atoms with Gasteiger partial charge in [0, 0.05) is 37.0 Å². The molecule has 0 aliphatic rings. The lowest BCUT2D eigenvalue weighted by Crippen LogP contribution is -2.26. The predicted octanol–water partition coefficient (Wildman–Crippen LogP) is 2.68. The van der Waals surface area contributed by atoms with E-state index >= 15 is 0 Å². The molecule has 0 saturated heterocycles. The van der Waals surface area contributed by atoms with Gasteiger partial charge in [0.05, 0.1) is 36.2 Å². The van der Waals surface area contributed by atoms with E-state index < -0.39 is 34.9 Å². The topological polar surface area (TPSA) is 116 Å². The van der Waals surface area contributed by atoms with E-state index in [-0.39, 0.29) is 23.9 Å². The first-order chi connectivity index (χ1) is 15.9. The summed E-state index contributed by atoms with van der Waals surface area (Å²) in [4.78, 5) is 20.8. The van der Waals surface area contributed by atoms with Crippen LogP contribution in [-0.2, 0) is 16.4 Å². The maximum Gasteiger partial charge on any atom is 0.392 e. The highest BCUT2D eigenvalue weighted by Crippen LogP contribution is 2.22. The highest BCUT2D eigenvalue weighted by Gasteiger charge is 2.27. The van der Waals surface area contributed by atoms with Crippen LogP contribution in [0.5, 0.6) is 5.88 Å². The first-order valence-corrected chi connectivity index (χ1v) is 12.4. The number of halogens is 3.